The molecule has 21 heavy (non-hydrogen) atoms. The molecule has 3 rings (SSSR count). The number of ether oxygens (including phenoxy) is 1. The number of aliphatic imine (C=N–C) groups is 2. The van der Waals surface area contributed by atoms with Gasteiger partial charge in [-0.3, -0.25) is 10.1 Å². The fourth-order valence-electron chi connectivity index (χ4n) is 2.51. The minimum atomic E-state index is -2.38. The Labute approximate surface area is 117 Å². The molecule has 0 saturated carbocycles. The number of rotatable bonds is 2. The first kappa shape index (κ1) is 13.9. The molecule has 0 aromatic carbocycles. The van der Waals surface area contributed by atoms with Crippen LogP contribution in [0.25, 0.3) is 0 Å². The summed E-state index contributed by atoms with van der Waals surface area (Å²) in [5, 5.41) is 31.4. The van der Waals surface area contributed by atoms with Gasteiger partial charge in [0.2, 0.25) is 0 Å². The molecular weight excluding hydrogens is 286 g/mol. The molecule has 3 aliphatic rings. The lowest BCUT2D eigenvalue weighted by molar-refractivity contribution is -0.130. The van der Waals surface area contributed by atoms with Gasteiger partial charge in [-0.1, -0.05) is 0 Å². The maximum Gasteiger partial charge on any atom is 0.350 e. The maximum absolute atomic E-state index is 12.0. The number of nitrogens with zero attached hydrogens (tertiary/aromatic N) is 3. The van der Waals surface area contributed by atoms with Crippen molar-refractivity contribution in [2.75, 3.05) is 6.61 Å². The zero-order chi connectivity index (χ0) is 15.4. The first-order valence-electron chi connectivity index (χ1n) is 6.12. The Morgan fingerprint density at radius 1 is 1.52 bits per heavy atom. The lowest BCUT2D eigenvalue weighted by atomic mass is 10.1. The van der Waals surface area contributed by atoms with E-state index in [0.717, 1.165) is 0 Å². The topological polar surface area (TPSA) is 170 Å². The van der Waals surface area contributed by atoms with Gasteiger partial charge in [-0.2, -0.15) is 9.98 Å². The standard InChI is InChI=1S/C10H13N5O6/c11-8-13-7(18)6-10(20,14-8)15(9(19)12-6)5-1-3(17)4(2-16)21-5/h3-5,16-17,20H,1-2H2,(H3,11,13,14,18)/t3-,4+,5+,10?/m0/s1. The third-order valence-corrected chi connectivity index (χ3v) is 3.47. The summed E-state index contributed by atoms with van der Waals surface area (Å²) in [4.78, 5) is 31.5. The Morgan fingerprint density at radius 2 is 2.24 bits per heavy atom. The summed E-state index contributed by atoms with van der Waals surface area (Å²) in [6.45, 7) is -0.461. The van der Waals surface area contributed by atoms with Crippen LogP contribution in [0, 0.1) is 0 Å². The van der Waals surface area contributed by atoms with Gasteiger partial charge in [-0.05, 0) is 0 Å². The minimum Gasteiger partial charge on any atom is -0.394 e. The highest BCUT2D eigenvalue weighted by Crippen LogP contribution is 2.34. The highest BCUT2D eigenvalue weighted by Gasteiger charge is 2.58. The monoisotopic (exact) mass is 299 g/mol. The predicted octanol–water partition coefficient (Wildman–Crippen LogP) is -3.58. The molecule has 0 spiro atoms. The number of aliphatic hydroxyl groups excluding tert-OH is 2. The van der Waals surface area contributed by atoms with Gasteiger partial charge in [0.15, 0.2) is 11.7 Å². The molecule has 1 unspecified atom stereocenters. The highest BCUT2D eigenvalue weighted by atomic mass is 16.6. The van der Waals surface area contributed by atoms with E-state index in [-0.39, 0.29) is 12.4 Å². The Morgan fingerprint density at radius 3 is 2.86 bits per heavy atom. The van der Waals surface area contributed by atoms with Crippen LogP contribution in [0.5, 0.6) is 0 Å². The summed E-state index contributed by atoms with van der Waals surface area (Å²) in [7, 11) is 0. The Kier molecular flexibility index (Phi) is 2.95. The van der Waals surface area contributed by atoms with Crippen molar-refractivity contribution in [2.24, 2.45) is 15.7 Å². The molecule has 3 aliphatic heterocycles. The van der Waals surface area contributed by atoms with Gasteiger partial charge < -0.3 is 25.8 Å². The third-order valence-electron chi connectivity index (χ3n) is 3.47. The van der Waals surface area contributed by atoms with E-state index in [0.29, 0.717) is 4.90 Å². The van der Waals surface area contributed by atoms with Crippen LogP contribution < -0.4 is 11.1 Å². The number of hydrogen-bond acceptors (Lipinski definition) is 8. The van der Waals surface area contributed by atoms with Gasteiger partial charge in [-0.15, -0.1) is 0 Å². The van der Waals surface area contributed by atoms with E-state index in [4.69, 9.17) is 15.6 Å². The van der Waals surface area contributed by atoms with Crippen molar-refractivity contribution in [3.63, 3.8) is 0 Å². The van der Waals surface area contributed by atoms with Crippen LogP contribution in [-0.2, 0) is 9.53 Å². The SMILES string of the molecule is NC1=NC2(O)C(=NC(=O)N2[C@H]2C[C@H](O)[C@@H](CO)O2)C(=O)N1. The van der Waals surface area contributed by atoms with Crippen molar-refractivity contribution >= 4 is 23.6 Å². The summed E-state index contributed by atoms with van der Waals surface area (Å²) >= 11 is 0. The van der Waals surface area contributed by atoms with Gasteiger partial charge in [0.1, 0.15) is 12.3 Å². The molecule has 6 N–H and O–H groups in total. The van der Waals surface area contributed by atoms with Crippen LogP contribution in [0.15, 0.2) is 9.98 Å². The molecule has 11 heteroatoms. The predicted molar refractivity (Wildman–Crippen MR) is 65.8 cm³/mol. The lowest BCUT2D eigenvalue weighted by Crippen LogP contribution is -2.63. The largest absolute Gasteiger partial charge is 0.394 e. The van der Waals surface area contributed by atoms with Crippen molar-refractivity contribution in [3.8, 4) is 0 Å². The average Bonchev–Trinajstić information content (AvgIpc) is 2.86. The number of amides is 3. The number of nitrogens with two attached hydrogens (primary N) is 1. The first-order valence-corrected chi connectivity index (χ1v) is 6.12. The van der Waals surface area contributed by atoms with Crippen LogP contribution in [0.3, 0.4) is 0 Å². The average molecular weight is 299 g/mol. The molecule has 0 bridgehead atoms. The van der Waals surface area contributed by atoms with Crippen molar-refractivity contribution in [1.29, 1.82) is 0 Å². The minimum absolute atomic E-state index is 0.0703. The van der Waals surface area contributed by atoms with Gasteiger partial charge in [0.05, 0.1) is 12.7 Å². The number of fused-ring (bicyclic) bond motifs is 1. The van der Waals surface area contributed by atoms with Gasteiger partial charge >= 0.3 is 6.03 Å². The molecule has 1 saturated heterocycles. The summed E-state index contributed by atoms with van der Waals surface area (Å²) in [5.74, 6) is -3.60. The Balaban J connectivity index is 1.96. The molecule has 0 aromatic rings. The molecule has 0 aliphatic carbocycles. The van der Waals surface area contributed by atoms with E-state index in [9.17, 15) is 19.8 Å². The molecule has 11 nitrogen and oxygen atoms in total. The van der Waals surface area contributed by atoms with Crippen molar-refractivity contribution in [2.45, 2.75) is 30.7 Å². The van der Waals surface area contributed by atoms with Crippen LogP contribution in [0.4, 0.5) is 4.79 Å². The van der Waals surface area contributed by atoms with E-state index in [1.807, 2.05) is 0 Å². The molecule has 1 fully saturated rings. The smallest absolute Gasteiger partial charge is 0.350 e. The summed E-state index contributed by atoms with van der Waals surface area (Å²) in [5.41, 5.74) is 4.87. The number of aliphatic hydroxyl groups is 3. The number of carbonyl (C=O) groups excluding carboxylic acids is 2. The number of hydrogen-bond donors (Lipinski definition) is 5. The van der Waals surface area contributed by atoms with Crippen molar-refractivity contribution < 1.29 is 29.6 Å². The molecule has 3 amide bonds. The molecule has 3 heterocycles. The summed E-state index contributed by atoms with van der Waals surface area (Å²) in [6.07, 6.45) is -3.11. The van der Waals surface area contributed by atoms with Crippen molar-refractivity contribution in [1.82, 2.24) is 10.2 Å². The highest BCUT2D eigenvalue weighted by molar-refractivity contribution is 6.48. The van der Waals surface area contributed by atoms with Gasteiger partial charge in [-0.25, -0.2) is 9.69 Å². The van der Waals surface area contributed by atoms with Gasteiger partial charge in [0.25, 0.3) is 11.8 Å². The Bertz CT molecular complexity index is 576. The Hall–Kier alpha value is -2.08. The van der Waals surface area contributed by atoms with Crippen LogP contribution >= 0.6 is 0 Å². The lowest BCUT2D eigenvalue weighted by Gasteiger charge is -2.35. The second-order valence-corrected chi connectivity index (χ2v) is 4.81. The normalized spacial score (nSPS) is 39.0. The van der Waals surface area contributed by atoms with E-state index in [1.54, 1.807) is 0 Å². The number of carbonyl (C=O) groups is 2. The summed E-state index contributed by atoms with van der Waals surface area (Å²) in [6, 6.07) is -0.947. The zero-order valence-electron chi connectivity index (χ0n) is 10.6. The number of guanidine groups is 1. The van der Waals surface area contributed by atoms with E-state index >= 15 is 0 Å². The van der Waals surface area contributed by atoms with E-state index in [1.165, 1.54) is 0 Å². The van der Waals surface area contributed by atoms with Gasteiger partial charge in [0, 0.05) is 6.42 Å². The zero-order valence-corrected chi connectivity index (χ0v) is 10.6. The van der Waals surface area contributed by atoms with Crippen molar-refractivity contribution in [3.05, 3.63) is 0 Å². The second kappa shape index (κ2) is 4.46. The molecule has 114 valence electrons. The molecular formula is C10H13N5O6. The molecule has 0 radical (unpaired) electrons. The van der Waals surface area contributed by atoms with E-state index < -0.39 is 48.5 Å². The second-order valence-electron chi connectivity index (χ2n) is 4.81. The van der Waals surface area contributed by atoms with E-state index in [2.05, 4.69) is 15.3 Å². The third kappa shape index (κ3) is 1.90. The van der Waals surface area contributed by atoms with Crippen LogP contribution in [-0.4, -0.2) is 74.7 Å². The number of urea groups is 1. The fraction of sp³-hybridized carbons (Fsp3) is 0.600. The maximum atomic E-state index is 12.0. The molecule has 0 aromatic heterocycles. The summed E-state index contributed by atoms with van der Waals surface area (Å²) < 4.78 is 5.29. The fourth-order valence-corrected chi connectivity index (χ4v) is 2.51. The van der Waals surface area contributed by atoms with Crippen LogP contribution in [0.1, 0.15) is 6.42 Å². The first-order chi connectivity index (χ1) is 9.86. The number of nitrogens with one attached hydrogen (secondary N) is 1. The van der Waals surface area contributed by atoms with Crippen LogP contribution in [0.2, 0.25) is 0 Å². The quantitative estimate of drug-likeness (QED) is 0.351. The molecule has 4 atom stereocenters.